The molecule has 0 atom stereocenters. The van der Waals surface area contributed by atoms with Gasteiger partial charge in [-0.1, -0.05) is 52.3 Å². The topological polar surface area (TPSA) is 20.3 Å². The van der Waals surface area contributed by atoms with Gasteiger partial charge in [0.2, 0.25) is 5.91 Å². The van der Waals surface area contributed by atoms with E-state index in [-0.39, 0.29) is 5.91 Å². The molecule has 1 aliphatic rings. The third-order valence-electron chi connectivity index (χ3n) is 3.21. The van der Waals surface area contributed by atoms with E-state index in [0.29, 0.717) is 11.9 Å². The highest BCUT2D eigenvalue weighted by atomic mass is 79.9. The Balaban J connectivity index is 2.15. The van der Waals surface area contributed by atoms with Gasteiger partial charge in [-0.25, -0.2) is 0 Å². The Hall–Kier alpha value is -1.09. The van der Waals surface area contributed by atoms with Crippen molar-refractivity contribution < 1.29 is 4.79 Å². The van der Waals surface area contributed by atoms with E-state index >= 15 is 0 Å². The molecule has 0 heterocycles. The lowest BCUT2D eigenvalue weighted by molar-refractivity contribution is -0.127. The summed E-state index contributed by atoms with van der Waals surface area (Å²) in [5.41, 5.74) is 2.37. The number of hydrogen-bond acceptors (Lipinski definition) is 1. The predicted molar refractivity (Wildman–Crippen MR) is 77.3 cm³/mol. The molecule has 0 spiro atoms. The molecule has 1 aliphatic carbocycles. The second-order valence-electron chi connectivity index (χ2n) is 4.54. The summed E-state index contributed by atoms with van der Waals surface area (Å²) in [6.45, 7) is 0.678. The van der Waals surface area contributed by atoms with Crippen molar-refractivity contribution in [3.05, 3.63) is 47.7 Å². The number of rotatable bonds is 4. The second kappa shape index (κ2) is 6.74. The minimum absolute atomic E-state index is 0.145. The summed E-state index contributed by atoms with van der Waals surface area (Å²) in [5, 5.41) is 0.386. The summed E-state index contributed by atoms with van der Waals surface area (Å²) < 4.78 is 0. The van der Waals surface area contributed by atoms with Crippen molar-refractivity contribution in [2.24, 2.45) is 0 Å². The highest BCUT2D eigenvalue weighted by Gasteiger charge is 2.18. The first-order chi connectivity index (χ1) is 8.81. The third kappa shape index (κ3) is 3.45. The van der Waals surface area contributed by atoms with Crippen LogP contribution in [0.15, 0.2) is 42.1 Å². The molecule has 3 heteroatoms. The van der Waals surface area contributed by atoms with Gasteiger partial charge in [-0.05, 0) is 31.2 Å². The first-order valence-electron chi connectivity index (χ1n) is 6.40. The maximum absolute atomic E-state index is 12.1. The molecule has 96 valence electrons. The molecule has 2 rings (SSSR count). The van der Waals surface area contributed by atoms with Gasteiger partial charge in [0.25, 0.3) is 0 Å². The maximum atomic E-state index is 12.1. The number of allylic oxidation sites excluding steroid dienone is 2. The van der Waals surface area contributed by atoms with E-state index in [1.807, 2.05) is 23.1 Å². The lowest BCUT2D eigenvalue weighted by Crippen LogP contribution is -2.31. The number of hydrogen-bond donors (Lipinski definition) is 0. The molecule has 0 aromatic heterocycles. The molecule has 0 saturated carbocycles. The molecule has 1 aromatic carbocycles. The van der Waals surface area contributed by atoms with E-state index in [1.165, 1.54) is 24.1 Å². The van der Waals surface area contributed by atoms with Gasteiger partial charge in [0.15, 0.2) is 0 Å². The summed E-state index contributed by atoms with van der Waals surface area (Å²) in [6.07, 6.45) is 6.76. The zero-order chi connectivity index (χ0) is 12.8. The fourth-order valence-corrected chi connectivity index (χ4v) is 2.56. The number of carbonyl (C=O) groups excluding carboxylic acids is 1. The Morgan fingerprint density at radius 3 is 2.61 bits per heavy atom. The van der Waals surface area contributed by atoms with E-state index in [9.17, 15) is 4.79 Å². The molecule has 2 nitrogen and oxygen atoms in total. The summed E-state index contributed by atoms with van der Waals surface area (Å²) in [6, 6.07) is 10.2. The van der Waals surface area contributed by atoms with Gasteiger partial charge in [0.1, 0.15) is 0 Å². The van der Waals surface area contributed by atoms with Crippen LogP contribution in [-0.4, -0.2) is 16.1 Å². The Labute approximate surface area is 117 Å². The normalized spacial score (nSPS) is 15.1. The molecule has 0 unspecified atom stereocenters. The average Bonchev–Trinajstić information content (AvgIpc) is 2.46. The second-order valence-corrected chi connectivity index (χ2v) is 5.10. The summed E-state index contributed by atoms with van der Waals surface area (Å²) in [4.78, 5) is 14.0. The molecular formula is C15H18BrNO. The van der Waals surface area contributed by atoms with Gasteiger partial charge in [-0.2, -0.15) is 0 Å². The Morgan fingerprint density at radius 1 is 1.22 bits per heavy atom. The third-order valence-corrected chi connectivity index (χ3v) is 3.69. The number of benzene rings is 1. The molecule has 18 heavy (non-hydrogen) atoms. The van der Waals surface area contributed by atoms with Crippen LogP contribution in [0, 0.1) is 0 Å². The number of nitrogens with zero attached hydrogens (tertiary/aromatic N) is 1. The van der Waals surface area contributed by atoms with E-state index < -0.39 is 0 Å². The molecule has 0 radical (unpaired) electrons. The van der Waals surface area contributed by atoms with E-state index in [1.54, 1.807) is 0 Å². The van der Waals surface area contributed by atoms with Crippen molar-refractivity contribution in [1.82, 2.24) is 4.90 Å². The number of halogens is 1. The smallest absolute Gasteiger partial charge is 0.237 e. The van der Waals surface area contributed by atoms with E-state index in [4.69, 9.17) is 0 Å². The summed E-state index contributed by atoms with van der Waals surface area (Å²) >= 11 is 3.28. The lowest BCUT2D eigenvalue weighted by Gasteiger charge is -2.27. The largest absolute Gasteiger partial charge is 0.311 e. The van der Waals surface area contributed by atoms with Crippen LogP contribution < -0.4 is 0 Å². The van der Waals surface area contributed by atoms with Crippen molar-refractivity contribution in [1.29, 1.82) is 0 Å². The van der Waals surface area contributed by atoms with Crippen LogP contribution in [0.1, 0.15) is 31.2 Å². The predicted octanol–water partition coefficient (Wildman–Crippen LogP) is 3.87. The minimum atomic E-state index is 0.145. The first kappa shape index (κ1) is 13.3. The molecule has 0 fully saturated rings. The molecular weight excluding hydrogens is 290 g/mol. The zero-order valence-electron chi connectivity index (χ0n) is 10.4. The Morgan fingerprint density at radius 2 is 2.00 bits per heavy atom. The van der Waals surface area contributed by atoms with Crippen LogP contribution in [-0.2, 0) is 11.3 Å². The molecule has 0 bridgehead atoms. The first-order valence-corrected chi connectivity index (χ1v) is 7.52. The Bertz CT molecular complexity index is 427. The van der Waals surface area contributed by atoms with Crippen LogP contribution in [0.25, 0.3) is 0 Å². The number of amides is 1. The summed E-state index contributed by atoms with van der Waals surface area (Å²) in [5.74, 6) is 0.145. The van der Waals surface area contributed by atoms with Gasteiger partial charge < -0.3 is 4.90 Å². The van der Waals surface area contributed by atoms with Gasteiger partial charge in [0, 0.05) is 5.70 Å². The van der Waals surface area contributed by atoms with Crippen molar-refractivity contribution in [2.75, 3.05) is 5.33 Å². The van der Waals surface area contributed by atoms with Gasteiger partial charge >= 0.3 is 0 Å². The van der Waals surface area contributed by atoms with Crippen LogP contribution in [0.5, 0.6) is 0 Å². The van der Waals surface area contributed by atoms with Crippen LogP contribution in [0.3, 0.4) is 0 Å². The molecule has 1 amide bonds. The fraction of sp³-hybridized carbons (Fsp3) is 0.400. The van der Waals surface area contributed by atoms with Crippen LogP contribution in [0.2, 0.25) is 0 Å². The monoisotopic (exact) mass is 307 g/mol. The van der Waals surface area contributed by atoms with Crippen molar-refractivity contribution in [2.45, 2.75) is 32.2 Å². The van der Waals surface area contributed by atoms with Gasteiger partial charge in [-0.3, -0.25) is 4.79 Å². The Kier molecular flexibility index (Phi) is 5.00. The quantitative estimate of drug-likeness (QED) is 0.773. The SMILES string of the molecule is O=C(CBr)N(Cc1ccccc1)C1=CCCCC1. The van der Waals surface area contributed by atoms with Gasteiger partial charge in [-0.15, -0.1) is 0 Å². The number of carbonyl (C=O) groups is 1. The highest BCUT2D eigenvalue weighted by Crippen LogP contribution is 2.23. The average molecular weight is 308 g/mol. The molecule has 0 saturated heterocycles. The minimum Gasteiger partial charge on any atom is -0.311 e. The maximum Gasteiger partial charge on any atom is 0.237 e. The molecule has 1 aromatic rings. The van der Waals surface area contributed by atoms with E-state index in [0.717, 1.165) is 12.8 Å². The number of alkyl halides is 1. The van der Waals surface area contributed by atoms with E-state index in [2.05, 4.69) is 34.1 Å². The van der Waals surface area contributed by atoms with Crippen LogP contribution >= 0.6 is 15.9 Å². The zero-order valence-corrected chi connectivity index (χ0v) is 12.0. The van der Waals surface area contributed by atoms with Gasteiger partial charge in [0.05, 0.1) is 11.9 Å². The van der Waals surface area contributed by atoms with Crippen molar-refractivity contribution in [3.63, 3.8) is 0 Å². The van der Waals surface area contributed by atoms with Crippen LogP contribution in [0.4, 0.5) is 0 Å². The van der Waals surface area contributed by atoms with Crippen molar-refractivity contribution in [3.8, 4) is 0 Å². The van der Waals surface area contributed by atoms with Crippen molar-refractivity contribution >= 4 is 21.8 Å². The summed E-state index contributed by atoms with van der Waals surface area (Å²) in [7, 11) is 0. The molecule has 0 N–H and O–H groups in total. The standard InChI is InChI=1S/C15H18BrNO/c16-11-15(18)17(14-9-5-2-6-10-14)12-13-7-3-1-4-8-13/h1,3-4,7-9H,2,5-6,10-12H2. The highest BCUT2D eigenvalue weighted by molar-refractivity contribution is 9.09. The molecule has 0 aliphatic heterocycles. The lowest BCUT2D eigenvalue weighted by atomic mass is 10.0. The fourth-order valence-electron chi connectivity index (χ4n) is 2.25.